The molecule has 2 N–H and O–H groups in total. The van der Waals surface area contributed by atoms with Crippen LogP contribution < -0.4 is 10.1 Å². The molecular weight excluding hydrogens is 415 g/mol. The van der Waals surface area contributed by atoms with E-state index in [2.05, 4.69) is 10.3 Å². The predicted molar refractivity (Wildman–Crippen MR) is 105 cm³/mol. The van der Waals surface area contributed by atoms with Gasteiger partial charge in [-0.2, -0.15) is 13.2 Å². The van der Waals surface area contributed by atoms with Crippen LogP contribution >= 0.6 is 0 Å². The van der Waals surface area contributed by atoms with Crippen molar-refractivity contribution in [1.29, 1.82) is 0 Å². The Labute approximate surface area is 175 Å². The van der Waals surface area contributed by atoms with E-state index >= 15 is 0 Å². The molecule has 1 aromatic carbocycles. The fraction of sp³-hybridized carbons (Fsp3) is 0.286. The second kappa shape index (κ2) is 8.66. The number of hydrogen-bond acceptors (Lipinski definition) is 4. The van der Waals surface area contributed by atoms with Crippen molar-refractivity contribution in [1.82, 2.24) is 14.7 Å². The molecule has 0 bridgehead atoms. The SMILES string of the molecule is CCOc1cccn2c(C(=O)NC(CC(=O)O)c3cccc(C(F)(F)F)c3)c(C)nc12. The molecule has 1 unspecified atom stereocenters. The van der Waals surface area contributed by atoms with Gasteiger partial charge in [-0.05, 0) is 43.7 Å². The molecule has 0 aliphatic carbocycles. The lowest BCUT2D eigenvalue weighted by Crippen LogP contribution is -2.31. The summed E-state index contributed by atoms with van der Waals surface area (Å²) >= 11 is 0. The van der Waals surface area contributed by atoms with E-state index in [9.17, 15) is 27.9 Å². The maximum Gasteiger partial charge on any atom is 0.416 e. The van der Waals surface area contributed by atoms with E-state index in [0.29, 0.717) is 23.7 Å². The van der Waals surface area contributed by atoms with Crippen LogP contribution in [0.2, 0.25) is 0 Å². The minimum absolute atomic E-state index is 0.0343. The Bertz CT molecular complexity index is 1120. The predicted octanol–water partition coefficient (Wildman–Crippen LogP) is 4.01. The minimum atomic E-state index is -4.60. The highest BCUT2D eigenvalue weighted by atomic mass is 19.4. The highest BCUT2D eigenvalue weighted by Crippen LogP contribution is 2.31. The summed E-state index contributed by atoms with van der Waals surface area (Å²) in [6, 6.07) is 6.42. The number of carboxylic acid groups (broad SMARTS) is 1. The Morgan fingerprint density at radius 2 is 2.00 bits per heavy atom. The van der Waals surface area contributed by atoms with Gasteiger partial charge in [0.15, 0.2) is 11.4 Å². The molecule has 2 aromatic heterocycles. The largest absolute Gasteiger partial charge is 0.490 e. The van der Waals surface area contributed by atoms with Crippen LogP contribution in [0, 0.1) is 6.92 Å². The summed E-state index contributed by atoms with van der Waals surface area (Å²) in [4.78, 5) is 28.7. The third kappa shape index (κ3) is 4.79. The molecule has 3 rings (SSSR count). The van der Waals surface area contributed by atoms with Crippen molar-refractivity contribution < 1.29 is 32.6 Å². The molecule has 31 heavy (non-hydrogen) atoms. The number of ether oxygens (including phenoxy) is 1. The fourth-order valence-corrected chi connectivity index (χ4v) is 3.28. The van der Waals surface area contributed by atoms with Crippen LogP contribution in [-0.4, -0.2) is 33.0 Å². The van der Waals surface area contributed by atoms with E-state index in [4.69, 9.17) is 4.74 Å². The van der Waals surface area contributed by atoms with Crippen LogP contribution in [0.15, 0.2) is 42.6 Å². The van der Waals surface area contributed by atoms with Gasteiger partial charge < -0.3 is 15.2 Å². The topological polar surface area (TPSA) is 92.9 Å². The molecular formula is C21H20F3N3O4. The molecule has 0 saturated heterocycles. The van der Waals surface area contributed by atoms with Crippen LogP contribution in [-0.2, 0) is 11.0 Å². The molecule has 1 atom stereocenters. The summed E-state index contributed by atoms with van der Waals surface area (Å²) in [5, 5.41) is 11.8. The molecule has 0 aliphatic rings. The first-order valence-electron chi connectivity index (χ1n) is 9.42. The molecule has 3 aromatic rings. The maximum atomic E-state index is 13.1. The first-order valence-corrected chi connectivity index (χ1v) is 9.42. The van der Waals surface area contributed by atoms with Gasteiger partial charge in [0.05, 0.1) is 30.3 Å². The summed E-state index contributed by atoms with van der Waals surface area (Å²) < 4.78 is 46.3. The number of alkyl halides is 3. The molecule has 0 spiro atoms. The third-order valence-electron chi connectivity index (χ3n) is 4.60. The summed E-state index contributed by atoms with van der Waals surface area (Å²) in [6.07, 6.45) is -3.59. The van der Waals surface area contributed by atoms with Crippen LogP contribution in [0.4, 0.5) is 13.2 Å². The zero-order chi connectivity index (χ0) is 22.8. The van der Waals surface area contributed by atoms with Crippen molar-refractivity contribution in [3.05, 3.63) is 65.1 Å². The van der Waals surface area contributed by atoms with Crippen LogP contribution in [0.3, 0.4) is 0 Å². The molecule has 7 nitrogen and oxygen atoms in total. The number of carbonyl (C=O) groups excluding carboxylic acids is 1. The summed E-state index contributed by atoms with van der Waals surface area (Å²) in [5.74, 6) is -1.47. The van der Waals surface area contributed by atoms with Gasteiger partial charge in [0.25, 0.3) is 5.91 Å². The number of carboxylic acids is 1. The van der Waals surface area contributed by atoms with E-state index in [0.717, 1.165) is 12.1 Å². The van der Waals surface area contributed by atoms with Crippen LogP contribution in [0.1, 0.15) is 46.7 Å². The standard InChI is InChI=1S/C21H20F3N3O4/c1-3-31-16-8-5-9-27-18(12(2)25-19(16)27)20(30)26-15(11-17(28)29)13-6-4-7-14(10-13)21(22,23)24/h4-10,15H,3,11H2,1-2H3,(H,26,30)(H,28,29). The lowest BCUT2D eigenvalue weighted by atomic mass is 10.0. The number of imidazole rings is 1. The zero-order valence-electron chi connectivity index (χ0n) is 16.7. The number of nitrogens with zero attached hydrogens (tertiary/aromatic N) is 2. The zero-order valence-corrected chi connectivity index (χ0v) is 16.7. The first kappa shape index (κ1) is 22.1. The molecule has 2 heterocycles. The fourth-order valence-electron chi connectivity index (χ4n) is 3.28. The number of hydrogen-bond donors (Lipinski definition) is 2. The summed E-state index contributed by atoms with van der Waals surface area (Å²) in [7, 11) is 0. The molecule has 0 fully saturated rings. The number of benzene rings is 1. The molecule has 10 heteroatoms. The average molecular weight is 435 g/mol. The second-order valence-electron chi connectivity index (χ2n) is 6.79. The molecule has 0 radical (unpaired) electrons. The van der Waals surface area contributed by atoms with E-state index in [1.165, 1.54) is 16.5 Å². The Balaban J connectivity index is 1.98. The molecule has 164 valence electrons. The van der Waals surface area contributed by atoms with Crippen molar-refractivity contribution >= 4 is 17.5 Å². The van der Waals surface area contributed by atoms with Crippen molar-refractivity contribution in [2.24, 2.45) is 0 Å². The van der Waals surface area contributed by atoms with Crippen molar-refractivity contribution in [3.63, 3.8) is 0 Å². The van der Waals surface area contributed by atoms with Gasteiger partial charge in [0.1, 0.15) is 5.69 Å². The first-order chi connectivity index (χ1) is 14.6. The number of carbonyl (C=O) groups is 2. The van der Waals surface area contributed by atoms with E-state index in [1.54, 1.807) is 32.2 Å². The minimum Gasteiger partial charge on any atom is -0.490 e. The lowest BCUT2D eigenvalue weighted by Gasteiger charge is -2.19. The van der Waals surface area contributed by atoms with E-state index in [1.807, 2.05) is 0 Å². The Morgan fingerprint density at radius 3 is 2.65 bits per heavy atom. The number of halogens is 3. The third-order valence-corrected chi connectivity index (χ3v) is 4.60. The van der Waals surface area contributed by atoms with Crippen LogP contribution in [0.5, 0.6) is 5.75 Å². The number of pyridine rings is 1. The number of nitrogens with one attached hydrogen (secondary N) is 1. The van der Waals surface area contributed by atoms with E-state index < -0.39 is 36.1 Å². The van der Waals surface area contributed by atoms with Crippen molar-refractivity contribution in [3.8, 4) is 5.75 Å². The van der Waals surface area contributed by atoms with Gasteiger partial charge in [-0.3, -0.25) is 14.0 Å². The molecule has 0 saturated carbocycles. The van der Waals surface area contributed by atoms with E-state index in [-0.39, 0.29) is 11.3 Å². The number of aliphatic carboxylic acids is 1. The number of amides is 1. The Hall–Kier alpha value is -3.56. The second-order valence-corrected chi connectivity index (χ2v) is 6.79. The normalized spacial score (nSPS) is 12.5. The number of aryl methyl sites for hydroxylation is 1. The quantitative estimate of drug-likeness (QED) is 0.585. The highest BCUT2D eigenvalue weighted by Gasteiger charge is 2.32. The van der Waals surface area contributed by atoms with Gasteiger partial charge in [-0.15, -0.1) is 0 Å². The average Bonchev–Trinajstić information content (AvgIpc) is 3.04. The van der Waals surface area contributed by atoms with Gasteiger partial charge in [0.2, 0.25) is 0 Å². The smallest absolute Gasteiger partial charge is 0.416 e. The summed E-state index contributed by atoms with van der Waals surface area (Å²) in [6.45, 7) is 3.80. The molecule has 1 amide bonds. The summed E-state index contributed by atoms with van der Waals surface area (Å²) in [5.41, 5.74) is 0.0107. The molecule has 0 aliphatic heterocycles. The van der Waals surface area contributed by atoms with Crippen molar-refractivity contribution in [2.45, 2.75) is 32.5 Å². The van der Waals surface area contributed by atoms with Crippen LogP contribution in [0.25, 0.3) is 5.65 Å². The number of aromatic nitrogens is 2. The lowest BCUT2D eigenvalue weighted by molar-refractivity contribution is -0.138. The number of fused-ring (bicyclic) bond motifs is 1. The van der Waals surface area contributed by atoms with Gasteiger partial charge in [-0.1, -0.05) is 12.1 Å². The Morgan fingerprint density at radius 1 is 1.26 bits per heavy atom. The number of rotatable bonds is 7. The van der Waals surface area contributed by atoms with Crippen molar-refractivity contribution in [2.75, 3.05) is 6.61 Å². The maximum absolute atomic E-state index is 13.1. The monoisotopic (exact) mass is 435 g/mol. The van der Waals surface area contributed by atoms with Gasteiger partial charge in [-0.25, -0.2) is 4.98 Å². The Kier molecular flexibility index (Phi) is 6.19. The van der Waals surface area contributed by atoms with Gasteiger partial charge in [0, 0.05) is 6.20 Å². The highest BCUT2D eigenvalue weighted by molar-refractivity contribution is 5.95. The van der Waals surface area contributed by atoms with Gasteiger partial charge >= 0.3 is 12.1 Å².